The van der Waals surface area contributed by atoms with Crippen LogP contribution in [0, 0.1) is 5.92 Å². The van der Waals surface area contributed by atoms with Gasteiger partial charge >= 0.3 is 12.1 Å². The molecule has 208 valence electrons. The number of carbonyl (C=O) groups is 4. The Kier molecular flexibility index (Phi) is 12.0. The number of aliphatic hydroxyl groups is 1. The van der Waals surface area contributed by atoms with Crippen LogP contribution in [0.4, 0.5) is 4.79 Å². The number of amides is 3. The first-order chi connectivity index (χ1) is 17.0. The van der Waals surface area contributed by atoms with Gasteiger partial charge in [0.15, 0.2) is 0 Å². The summed E-state index contributed by atoms with van der Waals surface area (Å²) in [5.74, 6) is -1.87. The summed E-state index contributed by atoms with van der Waals surface area (Å²) in [5.41, 5.74) is -1.27. The van der Waals surface area contributed by atoms with Crippen LogP contribution in [0.15, 0.2) is 30.3 Å². The molecule has 0 bridgehead atoms. The monoisotopic (exact) mass is 521 g/mol. The fourth-order valence-electron chi connectivity index (χ4n) is 3.59. The molecule has 10 nitrogen and oxygen atoms in total. The molecule has 0 saturated heterocycles. The van der Waals surface area contributed by atoms with E-state index < -0.39 is 53.2 Å². The van der Waals surface area contributed by atoms with Crippen molar-refractivity contribution in [3.05, 3.63) is 35.9 Å². The maximum atomic E-state index is 13.3. The molecule has 0 radical (unpaired) electrons. The van der Waals surface area contributed by atoms with Crippen LogP contribution in [-0.4, -0.2) is 65.4 Å². The quantitative estimate of drug-likeness (QED) is 0.309. The summed E-state index contributed by atoms with van der Waals surface area (Å²) >= 11 is 0. The molecule has 0 unspecified atom stereocenters. The summed E-state index contributed by atoms with van der Waals surface area (Å²) in [6.07, 6.45) is -0.422. The highest BCUT2D eigenvalue weighted by atomic mass is 16.6. The van der Waals surface area contributed by atoms with Crippen molar-refractivity contribution in [1.82, 2.24) is 16.0 Å². The third-order valence-electron chi connectivity index (χ3n) is 5.14. The topological polar surface area (TPSA) is 143 Å². The molecule has 1 rings (SSSR count). The van der Waals surface area contributed by atoms with Crippen LogP contribution in [0.1, 0.15) is 66.9 Å². The minimum absolute atomic E-state index is 0.0434. The highest BCUT2D eigenvalue weighted by Crippen LogP contribution is 2.14. The highest BCUT2D eigenvalue weighted by Gasteiger charge is 2.34. The lowest BCUT2D eigenvalue weighted by Gasteiger charge is -2.29. The second-order valence-corrected chi connectivity index (χ2v) is 11.2. The summed E-state index contributed by atoms with van der Waals surface area (Å²) in [5, 5.41) is 18.3. The van der Waals surface area contributed by atoms with Crippen LogP contribution in [0.25, 0.3) is 0 Å². The van der Waals surface area contributed by atoms with Crippen LogP contribution in [0.5, 0.6) is 0 Å². The average molecular weight is 522 g/mol. The molecule has 3 atom stereocenters. The molecule has 1 aromatic rings. The Hall–Kier alpha value is -3.14. The average Bonchev–Trinajstić information content (AvgIpc) is 2.75. The maximum Gasteiger partial charge on any atom is 0.408 e. The van der Waals surface area contributed by atoms with Gasteiger partial charge in [-0.15, -0.1) is 0 Å². The van der Waals surface area contributed by atoms with Crippen LogP contribution >= 0.6 is 0 Å². The summed E-state index contributed by atoms with van der Waals surface area (Å²) in [4.78, 5) is 51.2. The van der Waals surface area contributed by atoms with Crippen LogP contribution < -0.4 is 16.0 Å². The first-order valence-electron chi connectivity index (χ1n) is 12.4. The zero-order valence-electron chi connectivity index (χ0n) is 23.2. The van der Waals surface area contributed by atoms with Crippen molar-refractivity contribution >= 4 is 23.9 Å². The van der Waals surface area contributed by atoms with Crippen LogP contribution in [0.2, 0.25) is 0 Å². The van der Waals surface area contributed by atoms with E-state index in [-0.39, 0.29) is 18.8 Å². The number of methoxy groups -OCH3 is 1. The van der Waals surface area contributed by atoms with Crippen LogP contribution in [-0.2, 0) is 30.3 Å². The van der Waals surface area contributed by atoms with Crippen molar-refractivity contribution in [2.24, 2.45) is 5.92 Å². The number of carbonyl (C=O) groups excluding carboxylic acids is 4. The number of nitrogens with one attached hydrogen (secondary N) is 3. The van der Waals surface area contributed by atoms with Gasteiger partial charge in [0, 0.05) is 12.8 Å². The minimum atomic E-state index is -1.32. The molecule has 0 aromatic heterocycles. The molecule has 0 spiro atoms. The molecule has 0 fully saturated rings. The lowest BCUT2D eigenvalue weighted by atomic mass is 9.96. The van der Waals surface area contributed by atoms with Gasteiger partial charge in [0.2, 0.25) is 11.8 Å². The van der Waals surface area contributed by atoms with E-state index >= 15 is 0 Å². The predicted octanol–water partition coefficient (Wildman–Crippen LogP) is 2.47. The van der Waals surface area contributed by atoms with E-state index in [9.17, 15) is 24.3 Å². The molecule has 4 N–H and O–H groups in total. The largest absolute Gasteiger partial charge is 0.467 e. The van der Waals surface area contributed by atoms with Crippen molar-refractivity contribution in [3.8, 4) is 0 Å². The molecule has 0 aliphatic heterocycles. The van der Waals surface area contributed by atoms with Crippen molar-refractivity contribution in [2.45, 2.75) is 97.1 Å². The summed E-state index contributed by atoms with van der Waals surface area (Å²) in [7, 11) is 1.22. The van der Waals surface area contributed by atoms with Gasteiger partial charge in [-0.1, -0.05) is 44.2 Å². The standard InChI is InChI=1S/C27H43N3O7/c1-17(2)14-19(30-25(34)37-26(3,4)5)22(31)29-21(16-27(6,7)35)23(32)28-20(24(33)36-8)15-18-12-10-9-11-13-18/h9-13,17,19-21,35H,14-16H2,1-8H3,(H,28,32)(H,29,31)(H,30,34)/t19-,20-,21-/m0/s1. The van der Waals surface area contributed by atoms with Gasteiger partial charge in [-0.3, -0.25) is 9.59 Å². The van der Waals surface area contributed by atoms with E-state index in [4.69, 9.17) is 9.47 Å². The lowest BCUT2D eigenvalue weighted by molar-refractivity contribution is -0.145. The molecular formula is C27H43N3O7. The normalized spacial score (nSPS) is 14.2. The van der Waals surface area contributed by atoms with Crippen LogP contribution in [0.3, 0.4) is 0 Å². The summed E-state index contributed by atoms with van der Waals surface area (Å²) < 4.78 is 10.1. The summed E-state index contributed by atoms with van der Waals surface area (Å²) in [6.45, 7) is 11.9. The Morgan fingerprint density at radius 3 is 1.89 bits per heavy atom. The number of ether oxygens (including phenoxy) is 2. The number of esters is 1. The molecule has 3 amide bonds. The fourth-order valence-corrected chi connectivity index (χ4v) is 3.59. The maximum absolute atomic E-state index is 13.3. The van der Waals surface area contributed by atoms with Gasteiger partial charge in [0.25, 0.3) is 0 Å². The smallest absolute Gasteiger partial charge is 0.408 e. The fraction of sp³-hybridized carbons (Fsp3) is 0.630. The zero-order chi connectivity index (χ0) is 28.4. The molecule has 10 heteroatoms. The number of alkyl carbamates (subject to hydrolysis) is 1. The van der Waals surface area contributed by atoms with Gasteiger partial charge < -0.3 is 30.5 Å². The minimum Gasteiger partial charge on any atom is -0.467 e. The van der Waals surface area contributed by atoms with Gasteiger partial charge in [0.05, 0.1) is 12.7 Å². The SMILES string of the molecule is COC(=O)[C@H](Cc1ccccc1)NC(=O)[C@H](CC(C)(C)O)NC(=O)[C@H](CC(C)C)NC(=O)OC(C)(C)C. The number of benzene rings is 1. The lowest BCUT2D eigenvalue weighted by Crippen LogP contribution is -2.58. The Morgan fingerprint density at radius 2 is 1.41 bits per heavy atom. The second kappa shape index (κ2) is 14.0. The van der Waals surface area contributed by atoms with Crippen molar-refractivity contribution in [1.29, 1.82) is 0 Å². The molecule has 0 aliphatic carbocycles. The van der Waals surface area contributed by atoms with E-state index in [1.807, 2.05) is 44.2 Å². The second-order valence-electron chi connectivity index (χ2n) is 11.2. The first-order valence-corrected chi connectivity index (χ1v) is 12.4. The van der Waals surface area contributed by atoms with Gasteiger partial charge in [-0.25, -0.2) is 9.59 Å². The van der Waals surface area contributed by atoms with E-state index in [0.717, 1.165) is 5.56 Å². The highest BCUT2D eigenvalue weighted by molar-refractivity contribution is 5.93. The van der Waals surface area contributed by atoms with Gasteiger partial charge in [-0.2, -0.15) is 0 Å². The Labute approximate surface area is 219 Å². The van der Waals surface area contributed by atoms with Crippen molar-refractivity contribution in [3.63, 3.8) is 0 Å². The molecule has 0 aliphatic rings. The van der Waals surface area contributed by atoms with E-state index in [0.29, 0.717) is 6.42 Å². The van der Waals surface area contributed by atoms with E-state index in [1.165, 1.54) is 21.0 Å². The van der Waals surface area contributed by atoms with E-state index in [2.05, 4.69) is 16.0 Å². The summed E-state index contributed by atoms with van der Waals surface area (Å²) in [6, 6.07) is 5.92. The molecule has 0 heterocycles. The molecule has 1 aromatic carbocycles. The molecule has 37 heavy (non-hydrogen) atoms. The Morgan fingerprint density at radius 1 is 0.865 bits per heavy atom. The first kappa shape index (κ1) is 31.9. The Balaban J connectivity index is 3.11. The number of hydrogen-bond donors (Lipinski definition) is 4. The van der Waals surface area contributed by atoms with Crippen molar-refractivity contribution in [2.75, 3.05) is 7.11 Å². The third-order valence-corrected chi connectivity index (χ3v) is 5.14. The van der Waals surface area contributed by atoms with Gasteiger partial charge in [0.1, 0.15) is 23.7 Å². The molecular weight excluding hydrogens is 478 g/mol. The van der Waals surface area contributed by atoms with Crippen molar-refractivity contribution < 1.29 is 33.8 Å². The number of rotatable bonds is 12. The number of hydrogen-bond acceptors (Lipinski definition) is 7. The Bertz CT molecular complexity index is 905. The van der Waals surface area contributed by atoms with E-state index in [1.54, 1.807) is 20.8 Å². The zero-order valence-corrected chi connectivity index (χ0v) is 23.2. The third kappa shape index (κ3) is 13.1. The van der Waals surface area contributed by atoms with Gasteiger partial charge in [-0.05, 0) is 52.5 Å². The molecule has 0 saturated carbocycles. The predicted molar refractivity (Wildman–Crippen MR) is 140 cm³/mol.